The van der Waals surface area contributed by atoms with Crippen molar-refractivity contribution in [1.29, 1.82) is 0 Å². The number of aryl methyl sites for hydroxylation is 1. The lowest BCUT2D eigenvalue weighted by molar-refractivity contribution is 0.0696. The zero-order valence-corrected chi connectivity index (χ0v) is 12.2. The largest absolute Gasteiger partial charge is 0.485 e. The lowest BCUT2D eigenvalue weighted by Gasteiger charge is -2.14. The molecule has 0 saturated heterocycles. The third kappa shape index (κ3) is 3.72. The van der Waals surface area contributed by atoms with Crippen molar-refractivity contribution in [3.05, 3.63) is 47.7 Å². The number of benzene rings is 1. The number of aromatic carboxylic acids is 1. The number of nitrogens with zero attached hydrogens (tertiary/aromatic N) is 1. The van der Waals surface area contributed by atoms with Gasteiger partial charge in [0.05, 0.1) is 11.7 Å². The van der Waals surface area contributed by atoms with Crippen LogP contribution in [0, 0.1) is 6.92 Å². The van der Waals surface area contributed by atoms with E-state index in [0.29, 0.717) is 17.4 Å². The highest BCUT2D eigenvalue weighted by molar-refractivity contribution is 5.88. The molecule has 0 atom stereocenters. The molecule has 0 spiro atoms. The van der Waals surface area contributed by atoms with Crippen LogP contribution in [-0.2, 0) is 0 Å². The molecule has 21 heavy (non-hydrogen) atoms. The van der Waals surface area contributed by atoms with Crippen LogP contribution in [0.15, 0.2) is 36.5 Å². The zero-order valence-electron chi connectivity index (χ0n) is 12.2. The van der Waals surface area contributed by atoms with E-state index in [1.165, 1.54) is 12.1 Å². The summed E-state index contributed by atoms with van der Waals surface area (Å²) in [6.45, 7) is 5.66. The average molecular weight is 287 g/mol. The smallest absolute Gasteiger partial charge is 0.335 e. The maximum atomic E-state index is 11.0. The summed E-state index contributed by atoms with van der Waals surface area (Å²) in [6, 6.07) is 8.23. The number of hydrogen-bond donors (Lipinski definition) is 1. The van der Waals surface area contributed by atoms with Gasteiger partial charge in [-0.2, -0.15) is 0 Å². The summed E-state index contributed by atoms with van der Waals surface area (Å²) in [7, 11) is 0. The molecule has 0 aliphatic carbocycles. The number of carboxylic acids is 1. The van der Waals surface area contributed by atoms with Crippen LogP contribution in [0.25, 0.3) is 0 Å². The highest BCUT2D eigenvalue weighted by Crippen LogP contribution is 2.31. The van der Waals surface area contributed by atoms with E-state index in [-0.39, 0.29) is 11.7 Å². The van der Waals surface area contributed by atoms with Crippen molar-refractivity contribution in [3.63, 3.8) is 0 Å². The molecule has 1 heterocycles. The Hall–Kier alpha value is -2.56. The van der Waals surface area contributed by atoms with Gasteiger partial charge in [0.15, 0.2) is 5.75 Å². The fourth-order valence-electron chi connectivity index (χ4n) is 1.74. The van der Waals surface area contributed by atoms with Crippen molar-refractivity contribution in [2.24, 2.45) is 0 Å². The molecule has 0 aliphatic heterocycles. The number of rotatable bonds is 5. The Labute approximate surface area is 123 Å². The van der Waals surface area contributed by atoms with Crippen LogP contribution in [0.5, 0.6) is 17.4 Å². The van der Waals surface area contributed by atoms with E-state index in [0.717, 1.165) is 5.56 Å². The summed E-state index contributed by atoms with van der Waals surface area (Å²) in [5, 5.41) is 9.04. The fraction of sp³-hybridized carbons (Fsp3) is 0.250. The number of ether oxygens (including phenoxy) is 2. The predicted molar refractivity (Wildman–Crippen MR) is 78.2 cm³/mol. The van der Waals surface area contributed by atoms with Gasteiger partial charge in [-0.15, -0.1) is 0 Å². The molecule has 0 aliphatic rings. The van der Waals surface area contributed by atoms with Crippen LogP contribution in [0.1, 0.15) is 29.8 Å². The summed E-state index contributed by atoms with van der Waals surface area (Å²) >= 11 is 0. The van der Waals surface area contributed by atoms with E-state index < -0.39 is 5.97 Å². The number of pyridine rings is 1. The third-order valence-electron chi connectivity index (χ3n) is 2.74. The molecular weight excluding hydrogens is 270 g/mol. The Morgan fingerprint density at radius 3 is 2.67 bits per heavy atom. The minimum absolute atomic E-state index is 0.0111. The van der Waals surface area contributed by atoms with Gasteiger partial charge in [-0.25, -0.2) is 9.78 Å². The van der Waals surface area contributed by atoms with Gasteiger partial charge < -0.3 is 14.6 Å². The van der Waals surface area contributed by atoms with Gasteiger partial charge in [0.1, 0.15) is 5.75 Å². The second-order valence-electron chi connectivity index (χ2n) is 4.86. The number of carbonyl (C=O) groups is 1. The van der Waals surface area contributed by atoms with Crippen molar-refractivity contribution in [1.82, 2.24) is 4.98 Å². The van der Waals surface area contributed by atoms with Crippen molar-refractivity contribution < 1.29 is 19.4 Å². The first kappa shape index (κ1) is 14.8. The van der Waals surface area contributed by atoms with Gasteiger partial charge in [0.25, 0.3) is 5.88 Å². The van der Waals surface area contributed by atoms with Crippen LogP contribution in [-0.4, -0.2) is 22.2 Å². The first-order chi connectivity index (χ1) is 9.97. The molecule has 110 valence electrons. The molecule has 0 radical (unpaired) electrons. The van der Waals surface area contributed by atoms with Gasteiger partial charge in [-0.3, -0.25) is 0 Å². The number of carboxylic acid groups (broad SMARTS) is 1. The molecular formula is C16H17NO4. The molecule has 0 amide bonds. The SMILES string of the molecule is Cc1ccc(C(=O)O)cc1Oc1ncccc1OC(C)C. The van der Waals surface area contributed by atoms with Crippen LogP contribution in [0.3, 0.4) is 0 Å². The topological polar surface area (TPSA) is 68.7 Å². The standard InChI is InChI=1S/C16H17NO4/c1-10(2)20-13-5-4-8-17-15(13)21-14-9-12(16(18)19)7-6-11(14)3/h4-10H,1-3H3,(H,18,19). The van der Waals surface area contributed by atoms with Crippen molar-refractivity contribution >= 4 is 5.97 Å². The van der Waals surface area contributed by atoms with Crippen LogP contribution in [0.4, 0.5) is 0 Å². The summed E-state index contributed by atoms with van der Waals surface area (Å²) in [6.07, 6.45) is 1.59. The first-order valence-electron chi connectivity index (χ1n) is 6.61. The molecule has 1 aromatic carbocycles. The second-order valence-corrected chi connectivity index (χ2v) is 4.86. The maximum absolute atomic E-state index is 11.0. The quantitative estimate of drug-likeness (QED) is 0.908. The molecule has 5 nitrogen and oxygen atoms in total. The third-order valence-corrected chi connectivity index (χ3v) is 2.74. The molecule has 5 heteroatoms. The molecule has 1 aromatic heterocycles. The Morgan fingerprint density at radius 1 is 1.24 bits per heavy atom. The molecule has 2 rings (SSSR count). The van der Waals surface area contributed by atoms with Gasteiger partial charge in [-0.1, -0.05) is 6.07 Å². The summed E-state index contributed by atoms with van der Waals surface area (Å²) < 4.78 is 11.4. The number of aromatic nitrogens is 1. The minimum atomic E-state index is -1.00. The summed E-state index contributed by atoms with van der Waals surface area (Å²) in [4.78, 5) is 15.2. The Morgan fingerprint density at radius 2 is 2.00 bits per heavy atom. The van der Waals surface area contributed by atoms with Crippen molar-refractivity contribution in [2.45, 2.75) is 26.9 Å². The van der Waals surface area contributed by atoms with Crippen molar-refractivity contribution in [3.8, 4) is 17.4 Å². The van der Waals surface area contributed by atoms with E-state index in [1.807, 2.05) is 20.8 Å². The Balaban J connectivity index is 2.34. The average Bonchev–Trinajstić information content (AvgIpc) is 2.42. The summed E-state index contributed by atoms with van der Waals surface area (Å²) in [5.41, 5.74) is 0.985. The van der Waals surface area contributed by atoms with E-state index in [2.05, 4.69) is 4.98 Å². The maximum Gasteiger partial charge on any atom is 0.335 e. The van der Waals surface area contributed by atoms with Crippen LogP contribution < -0.4 is 9.47 Å². The van der Waals surface area contributed by atoms with Gasteiger partial charge in [0, 0.05) is 6.20 Å². The van der Waals surface area contributed by atoms with Crippen LogP contribution in [0.2, 0.25) is 0 Å². The van der Waals surface area contributed by atoms with Crippen LogP contribution >= 0.6 is 0 Å². The minimum Gasteiger partial charge on any atom is -0.485 e. The monoisotopic (exact) mass is 287 g/mol. The van der Waals surface area contributed by atoms with E-state index in [9.17, 15) is 4.79 Å². The normalized spacial score (nSPS) is 10.5. The van der Waals surface area contributed by atoms with Gasteiger partial charge in [-0.05, 0) is 50.6 Å². The second kappa shape index (κ2) is 6.26. The van der Waals surface area contributed by atoms with E-state index in [1.54, 1.807) is 24.4 Å². The van der Waals surface area contributed by atoms with Crippen molar-refractivity contribution in [2.75, 3.05) is 0 Å². The predicted octanol–water partition coefficient (Wildman–Crippen LogP) is 3.67. The fourth-order valence-corrected chi connectivity index (χ4v) is 1.74. The molecule has 0 bridgehead atoms. The lowest BCUT2D eigenvalue weighted by Crippen LogP contribution is -2.07. The number of hydrogen-bond acceptors (Lipinski definition) is 4. The molecule has 2 aromatic rings. The molecule has 1 N–H and O–H groups in total. The lowest BCUT2D eigenvalue weighted by atomic mass is 10.1. The highest BCUT2D eigenvalue weighted by atomic mass is 16.5. The van der Waals surface area contributed by atoms with Gasteiger partial charge >= 0.3 is 5.97 Å². The highest BCUT2D eigenvalue weighted by Gasteiger charge is 2.12. The van der Waals surface area contributed by atoms with Gasteiger partial charge in [0.2, 0.25) is 0 Å². The van der Waals surface area contributed by atoms with E-state index >= 15 is 0 Å². The Bertz CT molecular complexity index is 652. The zero-order chi connectivity index (χ0) is 15.4. The van der Waals surface area contributed by atoms with E-state index in [4.69, 9.17) is 14.6 Å². The summed E-state index contributed by atoms with van der Waals surface area (Å²) in [5.74, 6) is 0.284. The first-order valence-corrected chi connectivity index (χ1v) is 6.61. The molecule has 0 saturated carbocycles. The molecule has 0 fully saturated rings. The Kier molecular flexibility index (Phi) is 4.42. The molecule has 0 unspecified atom stereocenters.